The molecule has 0 aliphatic carbocycles. The molecule has 1 heterocycles. The van der Waals surface area contributed by atoms with Crippen LogP contribution in [-0.2, 0) is 9.84 Å². The van der Waals surface area contributed by atoms with Crippen LogP contribution >= 0.6 is 0 Å². The summed E-state index contributed by atoms with van der Waals surface area (Å²) in [5, 5.41) is 4.16. The number of nitrogens with zero attached hydrogens (tertiary/aromatic N) is 2. The van der Waals surface area contributed by atoms with Gasteiger partial charge in [-0.05, 0) is 55.5 Å². The van der Waals surface area contributed by atoms with E-state index < -0.39 is 9.84 Å². The van der Waals surface area contributed by atoms with Gasteiger partial charge in [0.15, 0.2) is 0 Å². The maximum atomic E-state index is 12.7. The molecule has 0 saturated heterocycles. The molecule has 27 heavy (non-hydrogen) atoms. The van der Waals surface area contributed by atoms with Gasteiger partial charge in [0.05, 0.1) is 15.3 Å². The number of benzene rings is 3. The molecule has 0 saturated carbocycles. The molecule has 4 rings (SSSR count). The van der Waals surface area contributed by atoms with Crippen molar-refractivity contribution >= 4 is 32.2 Å². The van der Waals surface area contributed by atoms with Crippen LogP contribution < -0.4 is 5.32 Å². The van der Waals surface area contributed by atoms with Gasteiger partial charge in [0.1, 0.15) is 12.1 Å². The summed E-state index contributed by atoms with van der Waals surface area (Å²) in [4.78, 5) is 9.13. The van der Waals surface area contributed by atoms with E-state index in [-0.39, 0.29) is 9.79 Å². The van der Waals surface area contributed by atoms with Gasteiger partial charge in [-0.25, -0.2) is 18.4 Å². The van der Waals surface area contributed by atoms with Crippen molar-refractivity contribution in [3.8, 4) is 0 Å². The quantitative estimate of drug-likeness (QED) is 0.568. The first kappa shape index (κ1) is 17.2. The van der Waals surface area contributed by atoms with Crippen LogP contribution in [0.1, 0.15) is 5.56 Å². The fourth-order valence-electron chi connectivity index (χ4n) is 2.86. The van der Waals surface area contributed by atoms with Crippen LogP contribution in [0.4, 0.5) is 11.5 Å². The molecule has 6 heteroatoms. The highest BCUT2D eigenvalue weighted by Gasteiger charge is 2.17. The van der Waals surface area contributed by atoms with Crippen LogP contribution in [-0.4, -0.2) is 18.4 Å². The second-order valence-corrected chi connectivity index (χ2v) is 8.16. The second-order valence-electron chi connectivity index (χ2n) is 6.21. The van der Waals surface area contributed by atoms with Crippen molar-refractivity contribution in [3.63, 3.8) is 0 Å². The summed E-state index contributed by atoms with van der Waals surface area (Å²) in [6.45, 7) is 2.01. The zero-order valence-electron chi connectivity index (χ0n) is 14.6. The number of rotatable bonds is 4. The zero-order chi connectivity index (χ0) is 18.9. The normalized spacial score (nSPS) is 11.4. The maximum absolute atomic E-state index is 12.7. The van der Waals surface area contributed by atoms with Crippen molar-refractivity contribution < 1.29 is 8.42 Å². The summed E-state index contributed by atoms with van der Waals surface area (Å²) >= 11 is 0. The first-order valence-electron chi connectivity index (χ1n) is 8.43. The molecule has 0 atom stereocenters. The summed E-state index contributed by atoms with van der Waals surface area (Å²) in [5.41, 5.74) is 2.72. The summed E-state index contributed by atoms with van der Waals surface area (Å²) in [6, 6.07) is 21.0. The lowest BCUT2D eigenvalue weighted by molar-refractivity contribution is 0.596. The van der Waals surface area contributed by atoms with E-state index in [0.29, 0.717) is 5.82 Å². The lowest BCUT2D eigenvalue weighted by Crippen LogP contribution is -2.02. The molecule has 0 unspecified atom stereocenters. The first-order valence-corrected chi connectivity index (χ1v) is 9.91. The molecule has 0 aliphatic rings. The molecule has 0 aliphatic heterocycles. The predicted octanol–water partition coefficient (Wildman–Crippen LogP) is 4.51. The Labute approximate surface area is 157 Å². The molecule has 1 aromatic heterocycles. The standard InChI is InChI=1S/C21H17N3O2S/c1-15-7-12-20-19(13-15)21(23-14-22-20)24-16-8-10-18(11-9-16)27(25,26)17-5-3-2-4-6-17/h2-14H,1H3,(H,22,23,24). The smallest absolute Gasteiger partial charge is 0.206 e. The molecule has 5 nitrogen and oxygen atoms in total. The largest absolute Gasteiger partial charge is 0.340 e. The Kier molecular flexibility index (Phi) is 4.33. The Morgan fingerprint density at radius 2 is 1.52 bits per heavy atom. The molecule has 0 fully saturated rings. The van der Waals surface area contributed by atoms with Crippen molar-refractivity contribution in [2.24, 2.45) is 0 Å². The van der Waals surface area contributed by atoms with Crippen molar-refractivity contribution in [2.75, 3.05) is 5.32 Å². The van der Waals surface area contributed by atoms with Crippen LogP contribution in [0.15, 0.2) is 88.9 Å². The molecular weight excluding hydrogens is 358 g/mol. The average molecular weight is 375 g/mol. The minimum atomic E-state index is -3.52. The molecule has 1 N–H and O–H groups in total. The Balaban J connectivity index is 1.65. The lowest BCUT2D eigenvalue weighted by Gasteiger charge is -2.10. The summed E-state index contributed by atoms with van der Waals surface area (Å²) in [7, 11) is -3.52. The highest BCUT2D eigenvalue weighted by molar-refractivity contribution is 7.91. The fraction of sp³-hybridized carbons (Fsp3) is 0.0476. The van der Waals surface area contributed by atoms with Crippen LogP contribution in [0.3, 0.4) is 0 Å². The number of sulfone groups is 1. The van der Waals surface area contributed by atoms with Gasteiger partial charge < -0.3 is 5.32 Å². The van der Waals surface area contributed by atoms with E-state index in [1.165, 1.54) is 6.33 Å². The van der Waals surface area contributed by atoms with Crippen LogP contribution in [0.2, 0.25) is 0 Å². The van der Waals surface area contributed by atoms with Crippen LogP contribution in [0.25, 0.3) is 10.9 Å². The molecule has 134 valence electrons. The predicted molar refractivity (Wildman–Crippen MR) is 106 cm³/mol. The van der Waals surface area contributed by atoms with Crippen molar-refractivity contribution in [2.45, 2.75) is 16.7 Å². The van der Waals surface area contributed by atoms with E-state index in [2.05, 4.69) is 15.3 Å². The second kappa shape index (κ2) is 6.81. The topological polar surface area (TPSA) is 72.0 Å². The van der Waals surface area contributed by atoms with Crippen LogP contribution in [0, 0.1) is 6.92 Å². The van der Waals surface area contributed by atoms with E-state index in [9.17, 15) is 8.42 Å². The third kappa shape index (κ3) is 3.39. The molecule has 3 aromatic carbocycles. The van der Waals surface area contributed by atoms with Crippen molar-refractivity contribution in [1.82, 2.24) is 9.97 Å². The maximum Gasteiger partial charge on any atom is 0.206 e. The van der Waals surface area contributed by atoms with Gasteiger partial charge in [-0.15, -0.1) is 0 Å². The molecule has 0 radical (unpaired) electrons. The SMILES string of the molecule is Cc1ccc2ncnc(Nc3ccc(S(=O)(=O)c4ccccc4)cc3)c2c1. The van der Waals surface area contributed by atoms with Crippen molar-refractivity contribution in [1.29, 1.82) is 0 Å². The van der Waals surface area contributed by atoms with E-state index in [1.54, 1.807) is 54.6 Å². The number of fused-ring (bicyclic) bond motifs is 1. The van der Waals surface area contributed by atoms with Gasteiger partial charge in [0.25, 0.3) is 0 Å². The molecule has 0 bridgehead atoms. The van der Waals surface area contributed by atoms with Gasteiger partial charge in [-0.2, -0.15) is 0 Å². The van der Waals surface area contributed by atoms with Gasteiger partial charge in [-0.3, -0.25) is 0 Å². The number of aromatic nitrogens is 2. The summed E-state index contributed by atoms with van der Waals surface area (Å²) in [5.74, 6) is 0.683. The Hall–Kier alpha value is -3.25. The third-order valence-electron chi connectivity index (χ3n) is 4.27. The minimum absolute atomic E-state index is 0.252. The highest BCUT2D eigenvalue weighted by atomic mass is 32.2. The fourth-order valence-corrected chi connectivity index (χ4v) is 4.14. The Morgan fingerprint density at radius 1 is 0.815 bits per heavy atom. The van der Waals surface area contributed by atoms with E-state index >= 15 is 0 Å². The van der Waals surface area contributed by atoms with Crippen molar-refractivity contribution in [3.05, 3.63) is 84.7 Å². The monoisotopic (exact) mass is 375 g/mol. The number of aryl methyl sites for hydroxylation is 1. The number of hydrogen-bond acceptors (Lipinski definition) is 5. The minimum Gasteiger partial charge on any atom is -0.340 e. The number of hydrogen-bond donors (Lipinski definition) is 1. The van der Waals surface area contributed by atoms with Gasteiger partial charge in [-0.1, -0.05) is 29.8 Å². The van der Waals surface area contributed by atoms with E-state index in [0.717, 1.165) is 22.2 Å². The summed E-state index contributed by atoms with van der Waals surface area (Å²) in [6.07, 6.45) is 1.51. The molecule has 0 amide bonds. The average Bonchev–Trinajstić information content (AvgIpc) is 2.69. The first-order chi connectivity index (χ1) is 13.0. The van der Waals surface area contributed by atoms with Gasteiger partial charge in [0, 0.05) is 11.1 Å². The van der Waals surface area contributed by atoms with Gasteiger partial charge in [0.2, 0.25) is 9.84 Å². The third-order valence-corrected chi connectivity index (χ3v) is 6.06. The Bertz CT molecular complexity index is 1210. The lowest BCUT2D eigenvalue weighted by atomic mass is 10.1. The highest BCUT2D eigenvalue weighted by Crippen LogP contribution is 2.26. The van der Waals surface area contributed by atoms with E-state index in [1.807, 2.05) is 25.1 Å². The molecular formula is C21H17N3O2S. The van der Waals surface area contributed by atoms with E-state index in [4.69, 9.17) is 0 Å². The Morgan fingerprint density at radius 3 is 2.26 bits per heavy atom. The molecule has 0 spiro atoms. The van der Waals surface area contributed by atoms with Gasteiger partial charge >= 0.3 is 0 Å². The number of nitrogens with one attached hydrogen (secondary N) is 1. The summed E-state index contributed by atoms with van der Waals surface area (Å²) < 4.78 is 25.3. The zero-order valence-corrected chi connectivity index (χ0v) is 15.4. The number of anilines is 2. The molecule has 4 aromatic rings. The van der Waals surface area contributed by atoms with Crippen LogP contribution in [0.5, 0.6) is 0 Å².